The molecule has 36 heavy (non-hydrogen) atoms. The fourth-order valence-corrected chi connectivity index (χ4v) is 5.98. The van der Waals surface area contributed by atoms with Gasteiger partial charge in [0.25, 0.3) is 0 Å². The zero-order valence-electron chi connectivity index (χ0n) is 20.7. The lowest BCUT2D eigenvalue weighted by Crippen LogP contribution is -2.47. The molecule has 3 aromatic carbocycles. The topological polar surface area (TPSA) is 39.2 Å². The van der Waals surface area contributed by atoms with Crippen molar-refractivity contribution in [3.8, 4) is 11.5 Å². The van der Waals surface area contributed by atoms with Crippen LogP contribution < -0.4 is 14.5 Å². The number of phenolic OH excluding ortho intramolecular Hbond substituents is 1. The summed E-state index contributed by atoms with van der Waals surface area (Å²) in [6.07, 6.45) is 1.03. The lowest BCUT2D eigenvalue weighted by atomic mass is 10.2. The number of piperazine rings is 1. The van der Waals surface area contributed by atoms with Crippen LogP contribution in [0.15, 0.2) is 70.5 Å². The van der Waals surface area contributed by atoms with Gasteiger partial charge in [-0.15, -0.1) is 12.4 Å². The van der Waals surface area contributed by atoms with E-state index >= 15 is 0 Å². The molecule has 0 spiro atoms. The maximum absolute atomic E-state index is 14.0. The van der Waals surface area contributed by atoms with E-state index in [0.717, 1.165) is 73.4 Å². The predicted octanol–water partition coefficient (Wildman–Crippen LogP) is 6.56. The minimum Gasteiger partial charge on any atom is -0.506 e. The van der Waals surface area contributed by atoms with Gasteiger partial charge in [0.1, 0.15) is 17.3 Å². The van der Waals surface area contributed by atoms with E-state index in [9.17, 15) is 9.50 Å². The van der Waals surface area contributed by atoms with E-state index in [4.69, 9.17) is 4.74 Å². The van der Waals surface area contributed by atoms with E-state index in [1.165, 1.54) is 11.0 Å². The van der Waals surface area contributed by atoms with Crippen LogP contribution in [0.2, 0.25) is 0 Å². The Kier molecular flexibility index (Phi) is 8.54. The van der Waals surface area contributed by atoms with Crippen LogP contribution in [0.5, 0.6) is 11.5 Å². The quantitative estimate of drug-likeness (QED) is 0.374. The van der Waals surface area contributed by atoms with Crippen LogP contribution in [0.3, 0.4) is 0 Å². The highest BCUT2D eigenvalue weighted by molar-refractivity contribution is 7.99. The maximum Gasteiger partial charge on any atom is 0.143 e. The Labute approximate surface area is 223 Å². The lowest BCUT2D eigenvalue weighted by molar-refractivity contribution is 0.237. The summed E-state index contributed by atoms with van der Waals surface area (Å²) in [5.41, 5.74) is 2.90. The maximum atomic E-state index is 14.0. The number of rotatable bonds is 7. The molecular weight excluding hydrogens is 497 g/mol. The number of hydrogen-bond donors (Lipinski definition) is 1. The summed E-state index contributed by atoms with van der Waals surface area (Å²) in [6.45, 7) is 9.30. The van der Waals surface area contributed by atoms with Crippen LogP contribution in [0.25, 0.3) is 0 Å². The molecule has 192 valence electrons. The van der Waals surface area contributed by atoms with Gasteiger partial charge in [-0.05, 0) is 63.2 Å². The molecule has 0 unspecified atom stereocenters. The van der Waals surface area contributed by atoms with Crippen molar-refractivity contribution >= 4 is 41.2 Å². The molecule has 0 bridgehead atoms. The summed E-state index contributed by atoms with van der Waals surface area (Å²) < 4.78 is 19.9. The smallest absolute Gasteiger partial charge is 0.143 e. The number of para-hydroxylation sites is 2. The average molecular weight is 530 g/mol. The van der Waals surface area contributed by atoms with E-state index in [0.29, 0.717) is 5.75 Å². The van der Waals surface area contributed by atoms with Crippen molar-refractivity contribution in [3.05, 3.63) is 66.5 Å². The highest BCUT2D eigenvalue weighted by Gasteiger charge is 2.26. The van der Waals surface area contributed by atoms with Crippen molar-refractivity contribution in [2.45, 2.75) is 36.2 Å². The fourth-order valence-electron chi connectivity index (χ4n) is 4.86. The first-order valence-electron chi connectivity index (χ1n) is 12.3. The number of aromatic hydroxyl groups is 1. The standard InChI is InChI=1S/C28H32FN3O2S.ClH/c1-20(2)34-25-12-11-21(29)19-23(25)31-17-15-30(16-18-31)13-6-14-32-22-7-3-4-9-26(22)35-27-10-5-8-24(33)28(27)32;/h3-5,7-12,19-20,33H,6,13-18H2,1-2H3;1H. The Hall–Kier alpha value is -2.61. The second-order valence-electron chi connectivity index (χ2n) is 9.31. The van der Waals surface area contributed by atoms with Crippen molar-refractivity contribution in [3.63, 3.8) is 0 Å². The van der Waals surface area contributed by atoms with Gasteiger partial charge in [0.15, 0.2) is 0 Å². The molecule has 3 aromatic rings. The summed E-state index contributed by atoms with van der Waals surface area (Å²) in [5, 5.41) is 10.6. The van der Waals surface area contributed by atoms with Crippen LogP contribution in [0.1, 0.15) is 20.3 Å². The van der Waals surface area contributed by atoms with Crippen LogP contribution in [-0.4, -0.2) is 55.4 Å². The van der Waals surface area contributed by atoms with E-state index in [1.54, 1.807) is 30.0 Å². The number of nitrogens with zero attached hydrogens (tertiary/aromatic N) is 3. The molecule has 0 radical (unpaired) electrons. The molecule has 0 amide bonds. The number of halogens is 2. The van der Waals surface area contributed by atoms with Crippen molar-refractivity contribution < 1.29 is 14.2 Å². The van der Waals surface area contributed by atoms with Crippen molar-refractivity contribution in [2.75, 3.05) is 49.1 Å². The van der Waals surface area contributed by atoms with Gasteiger partial charge in [0, 0.05) is 48.6 Å². The third-order valence-electron chi connectivity index (χ3n) is 6.48. The molecule has 1 N–H and O–H groups in total. The largest absolute Gasteiger partial charge is 0.506 e. The summed E-state index contributed by atoms with van der Waals surface area (Å²) in [4.78, 5) is 9.26. The summed E-state index contributed by atoms with van der Waals surface area (Å²) in [6, 6.07) is 18.9. The highest BCUT2D eigenvalue weighted by Crippen LogP contribution is 2.51. The minimum absolute atomic E-state index is 0. The molecule has 2 aliphatic heterocycles. The van der Waals surface area contributed by atoms with Crippen LogP contribution in [0.4, 0.5) is 21.5 Å². The van der Waals surface area contributed by atoms with Gasteiger partial charge in [-0.2, -0.15) is 0 Å². The Morgan fingerprint density at radius 2 is 1.67 bits per heavy atom. The number of ether oxygens (including phenoxy) is 1. The number of phenols is 1. The van der Waals surface area contributed by atoms with Crippen LogP contribution in [0, 0.1) is 5.82 Å². The number of fused-ring (bicyclic) bond motifs is 2. The Balaban J connectivity index is 0.00000304. The molecule has 0 saturated carbocycles. The molecule has 1 saturated heterocycles. The first-order valence-corrected chi connectivity index (χ1v) is 13.1. The van der Waals surface area contributed by atoms with Crippen molar-refractivity contribution in [1.82, 2.24) is 4.90 Å². The van der Waals surface area contributed by atoms with Gasteiger partial charge in [0.2, 0.25) is 0 Å². The fraction of sp³-hybridized carbons (Fsp3) is 0.357. The first-order chi connectivity index (χ1) is 17.0. The summed E-state index contributed by atoms with van der Waals surface area (Å²) in [5.74, 6) is 0.838. The Bertz CT molecular complexity index is 1190. The first kappa shape index (κ1) is 26.5. The van der Waals surface area contributed by atoms with Crippen molar-refractivity contribution in [1.29, 1.82) is 0 Å². The highest BCUT2D eigenvalue weighted by atomic mass is 35.5. The summed E-state index contributed by atoms with van der Waals surface area (Å²) in [7, 11) is 0. The molecule has 0 aliphatic carbocycles. The van der Waals surface area contributed by atoms with E-state index < -0.39 is 0 Å². The van der Waals surface area contributed by atoms with Crippen molar-refractivity contribution in [2.24, 2.45) is 0 Å². The molecular formula is C28H33ClFN3O2S. The summed E-state index contributed by atoms with van der Waals surface area (Å²) >= 11 is 1.71. The zero-order chi connectivity index (χ0) is 24.4. The molecule has 8 heteroatoms. The third kappa shape index (κ3) is 5.69. The molecule has 2 heterocycles. The van der Waals surface area contributed by atoms with Gasteiger partial charge < -0.3 is 19.6 Å². The van der Waals surface area contributed by atoms with Gasteiger partial charge in [-0.25, -0.2) is 4.39 Å². The van der Waals surface area contributed by atoms with Crippen LogP contribution in [-0.2, 0) is 0 Å². The number of hydrogen-bond acceptors (Lipinski definition) is 6. The van der Waals surface area contributed by atoms with E-state index in [-0.39, 0.29) is 24.3 Å². The predicted molar refractivity (Wildman–Crippen MR) is 148 cm³/mol. The normalized spacial score (nSPS) is 15.3. The third-order valence-corrected chi connectivity index (χ3v) is 7.59. The Morgan fingerprint density at radius 1 is 0.917 bits per heavy atom. The molecule has 0 atom stereocenters. The average Bonchev–Trinajstić information content (AvgIpc) is 2.85. The van der Waals surface area contributed by atoms with Gasteiger partial charge in [-0.1, -0.05) is 30.0 Å². The Morgan fingerprint density at radius 3 is 2.44 bits per heavy atom. The second-order valence-corrected chi connectivity index (χ2v) is 10.4. The molecule has 0 aromatic heterocycles. The van der Waals surface area contributed by atoms with E-state index in [2.05, 4.69) is 45.0 Å². The second kappa shape index (κ2) is 11.6. The minimum atomic E-state index is -0.234. The van der Waals surface area contributed by atoms with Crippen LogP contribution >= 0.6 is 24.2 Å². The molecule has 5 rings (SSSR count). The lowest BCUT2D eigenvalue weighted by Gasteiger charge is -2.38. The van der Waals surface area contributed by atoms with Gasteiger partial charge >= 0.3 is 0 Å². The zero-order valence-corrected chi connectivity index (χ0v) is 22.3. The van der Waals surface area contributed by atoms with Gasteiger partial charge in [-0.3, -0.25) is 4.90 Å². The molecule has 1 fully saturated rings. The molecule has 5 nitrogen and oxygen atoms in total. The van der Waals surface area contributed by atoms with Gasteiger partial charge in [0.05, 0.1) is 23.2 Å². The monoisotopic (exact) mass is 529 g/mol. The number of anilines is 3. The molecule has 2 aliphatic rings. The number of benzene rings is 3. The van der Waals surface area contributed by atoms with E-state index in [1.807, 2.05) is 19.9 Å². The SMILES string of the molecule is CC(C)Oc1ccc(F)cc1N1CCN(CCCN2c3ccccc3Sc3cccc(O)c32)CC1.Cl.